The van der Waals surface area contributed by atoms with Crippen LogP contribution in [-0.2, 0) is 4.79 Å². The lowest BCUT2D eigenvalue weighted by Gasteiger charge is -2.40. The third-order valence-corrected chi connectivity index (χ3v) is 4.48. The molecule has 0 N–H and O–H groups in total. The quantitative estimate of drug-likeness (QED) is 0.850. The molecule has 2 saturated heterocycles. The first-order valence-corrected chi connectivity index (χ1v) is 8.27. The lowest BCUT2D eigenvalue weighted by Crippen LogP contribution is -2.49. The number of hydrogen-bond donors (Lipinski definition) is 0. The van der Waals surface area contributed by atoms with E-state index >= 15 is 0 Å². The molecule has 0 spiro atoms. The Kier molecular flexibility index (Phi) is 4.75. The van der Waals surface area contributed by atoms with Gasteiger partial charge in [0.25, 0.3) is 0 Å². The van der Waals surface area contributed by atoms with E-state index in [1.807, 2.05) is 6.92 Å². The van der Waals surface area contributed by atoms with Gasteiger partial charge in [-0.05, 0) is 32.6 Å². The molecular weight excluding hydrogens is 280 g/mol. The van der Waals surface area contributed by atoms with Gasteiger partial charge in [0.05, 0.1) is 19.0 Å². The number of ether oxygens (including phenoxy) is 1. The Hall–Kier alpha value is -1.85. The van der Waals surface area contributed by atoms with Crippen molar-refractivity contribution in [3.05, 3.63) is 12.4 Å². The number of carbonyl (C=O) groups excluding carboxylic acids is 1. The molecule has 2 aliphatic rings. The van der Waals surface area contributed by atoms with Crippen molar-refractivity contribution in [2.24, 2.45) is 0 Å². The van der Waals surface area contributed by atoms with E-state index in [2.05, 4.69) is 19.8 Å². The normalized spacial score (nSPS) is 20.3. The zero-order valence-electron chi connectivity index (χ0n) is 13.2. The molecule has 6 heteroatoms. The van der Waals surface area contributed by atoms with Crippen LogP contribution in [0, 0.1) is 0 Å². The van der Waals surface area contributed by atoms with Gasteiger partial charge in [-0.15, -0.1) is 0 Å². The van der Waals surface area contributed by atoms with E-state index in [9.17, 15) is 4.79 Å². The molecule has 120 valence electrons. The molecule has 22 heavy (non-hydrogen) atoms. The highest BCUT2D eigenvalue weighted by Gasteiger charge is 2.29. The zero-order chi connectivity index (χ0) is 15.4. The van der Waals surface area contributed by atoms with Crippen molar-refractivity contribution in [2.45, 2.75) is 45.1 Å². The molecule has 0 aliphatic carbocycles. The van der Waals surface area contributed by atoms with Crippen molar-refractivity contribution >= 4 is 11.7 Å². The Labute approximate surface area is 131 Å². The Morgan fingerprint density at radius 3 is 2.77 bits per heavy atom. The zero-order valence-corrected chi connectivity index (χ0v) is 13.2. The largest absolute Gasteiger partial charge is 0.477 e. The second kappa shape index (κ2) is 6.94. The summed E-state index contributed by atoms with van der Waals surface area (Å²) in [5.41, 5.74) is 0. The van der Waals surface area contributed by atoms with Gasteiger partial charge in [0, 0.05) is 32.1 Å². The van der Waals surface area contributed by atoms with Crippen LogP contribution >= 0.6 is 0 Å². The van der Waals surface area contributed by atoms with Gasteiger partial charge >= 0.3 is 0 Å². The molecule has 0 bridgehead atoms. The van der Waals surface area contributed by atoms with Gasteiger partial charge in [0.1, 0.15) is 0 Å². The molecule has 6 nitrogen and oxygen atoms in total. The van der Waals surface area contributed by atoms with Gasteiger partial charge in [-0.25, -0.2) is 0 Å². The lowest BCUT2D eigenvalue weighted by atomic mass is 9.99. The molecular formula is C16H24N4O2. The van der Waals surface area contributed by atoms with Crippen molar-refractivity contribution in [3.63, 3.8) is 0 Å². The first-order chi connectivity index (χ1) is 10.8. The fourth-order valence-electron chi connectivity index (χ4n) is 3.33. The lowest BCUT2D eigenvalue weighted by molar-refractivity contribution is -0.136. The minimum atomic E-state index is 0.336. The maximum absolute atomic E-state index is 12.0. The molecule has 0 unspecified atom stereocenters. The predicted octanol–water partition coefficient (Wildman–Crippen LogP) is 1.86. The Balaban J connectivity index is 1.59. The highest BCUT2D eigenvalue weighted by molar-refractivity contribution is 5.77. The Morgan fingerprint density at radius 2 is 2.05 bits per heavy atom. The molecule has 0 aromatic carbocycles. The molecule has 1 aromatic rings. The minimum absolute atomic E-state index is 0.336. The molecule has 2 fully saturated rings. The number of amides is 1. The van der Waals surface area contributed by atoms with E-state index in [0.717, 1.165) is 57.6 Å². The number of aromatic nitrogens is 2. The summed E-state index contributed by atoms with van der Waals surface area (Å²) < 4.78 is 5.41. The van der Waals surface area contributed by atoms with Crippen LogP contribution in [0.5, 0.6) is 5.88 Å². The summed E-state index contributed by atoms with van der Waals surface area (Å²) in [6.07, 6.45) is 8.36. The van der Waals surface area contributed by atoms with Crippen LogP contribution < -0.4 is 9.64 Å². The minimum Gasteiger partial charge on any atom is -0.477 e. The van der Waals surface area contributed by atoms with Crippen LogP contribution in [-0.4, -0.2) is 53.1 Å². The van der Waals surface area contributed by atoms with Crippen molar-refractivity contribution < 1.29 is 9.53 Å². The molecule has 2 aliphatic heterocycles. The predicted molar refractivity (Wildman–Crippen MR) is 84.0 cm³/mol. The van der Waals surface area contributed by atoms with Gasteiger partial charge < -0.3 is 14.5 Å². The Morgan fingerprint density at radius 1 is 1.23 bits per heavy atom. The summed E-state index contributed by atoms with van der Waals surface area (Å²) >= 11 is 0. The maximum Gasteiger partial charge on any atom is 0.234 e. The number of piperidine rings is 2. The average molecular weight is 304 g/mol. The number of nitrogens with zero attached hydrogens (tertiary/aromatic N) is 4. The number of hydrogen-bond acceptors (Lipinski definition) is 5. The number of carbonyl (C=O) groups is 1. The highest BCUT2D eigenvalue weighted by atomic mass is 16.5. The molecule has 3 rings (SSSR count). The van der Waals surface area contributed by atoms with Crippen molar-refractivity contribution in [2.75, 3.05) is 31.1 Å². The maximum atomic E-state index is 12.0. The molecule has 1 aromatic heterocycles. The van der Waals surface area contributed by atoms with Gasteiger partial charge in [-0.3, -0.25) is 9.78 Å². The van der Waals surface area contributed by atoms with Gasteiger partial charge in [-0.1, -0.05) is 0 Å². The molecule has 0 radical (unpaired) electrons. The van der Waals surface area contributed by atoms with Crippen LogP contribution in [0.25, 0.3) is 0 Å². The highest BCUT2D eigenvalue weighted by Crippen LogP contribution is 2.24. The van der Waals surface area contributed by atoms with Crippen molar-refractivity contribution in [1.29, 1.82) is 0 Å². The molecule has 3 heterocycles. The third-order valence-electron chi connectivity index (χ3n) is 4.48. The molecule has 0 atom stereocenters. The topological polar surface area (TPSA) is 58.6 Å². The van der Waals surface area contributed by atoms with Crippen molar-refractivity contribution in [1.82, 2.24) is 14.9 Å². The summed E-state index contributed by atoms with van der Waals surface area (Å²) in [7, 11) is 0. The first kappa shape index (κ1) is 15.1. The molecule has 0 saturated carbocycles. The summed E-state index contributed by atoms with van der Waals surface area (Å²) in [6.45, 7) is 5.30. The summed E-state index contributed by atoms with van der Waals surface area (Å²) in [4.78, 5) is 25.1. The third kappa shape index (κ3) is 3.31. The monoisotopic (exact) mass is 304 g/mol. The summed E-state index contributed by atoms with van der Waals surface area (Å²) in [5, 5.41) is 0. The average Bonchev–Trinajstić information content (AvgIpc) is 2.56. The fourth-order valence-corrected chi connectivity index (χ4v) is 3.33. The van der Waals surface area contributed by atoms with Crippen LogP contribution in [0.1, 0.15) is 39.0 Å². The van der Waals surface area contributed by atoms with Crippen LogP contribution in [0.2, 0.25) is 0 Å². The second-order valence-electron chi connectivity index (χ2n) is 5.91. The number of rotatable bonds is 4. The van der Waals surface area contributed by atoms with E-state index in [4.69, 9.17) is 4.74 Å². The number of likely N-dealkylation sites (tertiary alicyclic amines) is 1. The standard InChI is InChI=1S/C16H24N4O2/c1-2-22-15-12-17-11-14(18-15)19-9-6-13(7-10-19)20-8-4-3-5-16(20)21/h11-13H,2-10H2,1H3. The smallest absolute Gasteiger partial charge is 0.234 e. The summed E-state index contributed by atoms with van der Waals surface area (Å²) in [6, 6.07) is 0.395. The van der Waals surface area contributed by atoms with E-state index in [-0.39, 0.29) is 0 Å². The summed E-state index contributed by atoms with van der Waals surface area (Å²) in [5.74, 6) is 1.78. The van der Waals surface area contributed by atoms with E-state index in [0.29, 0.717) is 24.4 Å². The van der Waals surface area contributed by atoms with E-state index in [1.54, 1.807) is 12.4 Å². The van der Waals surface area contributed by atoms with E-state index < -0.39 is 0 Å². The van der Waals surface area contributed by atoms with Gasteiger partial charge in [-0.2, -0.15) is 4.98 Å². The fraction of sp³-hybridized carbons (Fsp3) is 0.688. The first-order valence-electron chi connectivity index (χ1n) is 8.27. The van der Waals surface area contributed by atoms with Crippen molar-refractivity contribution in [3.8, 4) is 5.88 Å². The second-order valence-corrected chi connectivity index (χ2v) is 5.91. The van der Waals surface area contributed by atoms with Crippen LogP contribution in [0.3, 0.4) is 0 Å². The van der Waals surface area contributed by atoms with Crippen LogP contribution in [0.4, 0.5) is 5.82 Å². The Bertz CT molecular complexity index is 515. The van der Waals surface area contributed by atoms with E-state index in [1.165, 1.54) is 0 Å². The van der Waals surface area contributed by atoms with Crippen LogP contribution in [0.15, 0.2) is 12.4 Å². The SMILES string of the molecule is CCOc1cncc(N2CCC(N3CCCCC3=O)CC2)n1. The molecule has 1 amide bonds. The van der Waals surface area contributed by atoms with Gasteiger partial charge in [0.15, 0.2) is 5.82 Å². The van der Waals surface area contributed by atoms with Gasteiger partial charge in [0.2, 0.25) is 11.8 Å². The number of anilines is 1.